The van der Waals surface area contributed by atoms with Crippen molar-refractivity contribution in [1.29, 1.82) is 0 Å². The molecule has 21 heavy (non-hydrogen) atoms. The SMILES string of the molecule is O=C(O)c1ccc([N+](=O)[O-])c(N2CCCC2CCCO)c1. The molecule has 0 aliphatic carbocycles. The molecule has 0 aromatic heterocycles. The molecule has 0 bridgehead atoms. The maximum atomic E-state index is 11.2. The lowest BCUT2D eigenvalue weighted by Gasteiger charge is -2.26. The zero-order valence-corrected chi connectivity index (χ0v) is 11.6. The van der Waals surface area contributed by atoms with E-state index in [2.05, 4.69) is 0 Å². The highest BCUT2D eigenvalue weighted by Gasteiger charge is 2.30. The molecule has 1 aliphatic heterocycles. The summed E-state index contributed by atoms with van der Waals surface area (Å²) in [5.74, 6) is -1.10. The van der Waals surface area contributed by atoms with Gasteiger partial charge < -0.3 is 15.1 Å². The lowest BCUT2D eigenvalue weighted by atomic mass is 10.1. The van der Waals surface area contributed by atoms with Crippen LogP contribution in [0.1, 0.15) is 36.0 Å². The van der Waals surface area contributed by atoms with Crippen LogP contribution in [0.3, 0.4) is 0 Å². The van der Waals surface area contributed by atoms with E-state index in [-0.39, 0.29) is 23.9 Å². The van der Waals surface area contributed by atoms with Crippen molar-refractivity contribution in [3.63, 3.8) is 0 Å². The fraction of sp³-hybridized carbons (Fsp3) is 0.500. The zero-order valence-electron chi connectivity index (χ0n) is 11.6. The van der Waals surface area contributed by atoms with Gasteiger partial charge in [0.2, 0.25) is 0 Å². The number of hydrogen-bond acceptors (Lipinski definition) is 5. The molecule has 0 saturated carbocycles. The van der Waals surface area contributed by atoms with Crippen molar-refractivity contribution in [2.24, 2.45) is 0 Å². The van der Waals surface area contributed by atoms with Gasteiger partial charge in [0.25, 0.3) is 5.69 Å². The summed E-state index contributed by atoms with van der Waals surface area (Å²) in [4.78, 5) is 23.7. The number of aliphatic hydroxyl groups is 1. The predicted molar refractivity (Wildman–Crippen MR) is 76.7 cm³/mol. The van der Waals surface area contributed by atoms with Gasteiger partial charge in [0.1, 0.15) is 5.69 Å². The van der Waals surface area contributed by atoms with Gasteiger partial charge in [0.15, 0.2) is 0 Å². The van der Waals surface area contributed by atoms with Crippen molar-refractivity contribution in [1.82, 2.24) is 0 Å². The van der Waals surface area contributed by atoms with E-state index < -0.39 is 10.9 Å². The molecule has 0 amide bonds. The lowest BCUT2D eigenvalue weighted by molar-refractivity contribution is -0.384. The van der Waals surface area contributed by atoms with Crippen LogP contribution in [0.5, 0.6) is 0 Å². The molecule has 2 rings (SSSR count). The molecule has 1 atom stereocenters. The molecule has 1 fully saturated rings. The van der Waals surface area contributed by atoms with Gasteiger partial charge in [-0.1, -0.05) is 0 Å². The van der Waals surface area contributed by atoms with Crippen molar-refractivity contribution in [3.05, 3.63) is 33.9 Å². The number of aliphatic hydroxyl groups excluding tert-OH is 1. The average molecular weight is 294 g/mol. The zero-order chi connectivity index (χ0) is 15.4. The van der Waals surface area contributed by atoms with E-state index in [4.69, 9.17) is 10.2 Å². The number of aromatic carboxylic acids is 1. The summed E-state index contributed by atoms with van der Waals surface area (Å²) in [5.41, 5.74) is 0.333. The molecule has 1 saturated heterocycles. The first-order valence-corrected chi connectivity index (χ1v) is 6.94. The quantitative estimate of drug-likeness (QED) is 0.614. The van der Waals surface area contributed by atoms with Gasteiger partial charge in [-0.05, 0) is 37.8 Å². The van der Waals surface area contributed by atoms with Gasteiger partial charge in [0, 0.05) is 25.3 Å². The first kappa shape index (κ1) is 15.2. The van der Waals surface area contributed by atoms with Gasteiger partial charge in [-0.3, -0.25) is 10.1 Å². The summed E-state index contributed by atoms with van der Waals surface area (Å²) in [7, 11) is 0. The van der Waals surface area contributed by atoms with Crippen molar-refractivity contribution in [3.8, 4) is 0 Å². The molecule has 7 heteroatoms. The monoisotopic (exact) mass is 294 g/mol. The molecule has 1 aliphatic rings. The van der Waals surface area contributed by atoms with Gasteiger partial charge in [-0.25, -0.2) is 4.79 Å². The Balaban J connectivity index is 2.37. The molecular weight excluding hydrogens is 276 g/mol. The molecular formula is C14H18N2O5. The van der Waals surface area contributed by atoms with Crippen LogP contribution in [0.2, 0.25) is 0 Å². The number of nitro benzene ring substituents is 1. The van der Waals surface area contributed by atoms with Crippen LogP contribution in [0, 0.1) is 10.1 Å². The number of nitrogens with zero attached hydrogens (tertiary/aromatic N) is 2. The van der Waals surface area contributed by atoms with Crippen LogP contribution in [-0.4, -0.2) is 40.3 Å². The first-order valence-electron chi connectivity index (χ1n) is 6.94. The Bertz CT molecular complexity index is 546. The van der Waals surface area contributed by atoms with Crippen LogP contribution in [0.25, 0.3) is 0 Å². The number of hydrogen-bond donors (Lipinski definition) is 2. The smallest absolute Gasteiger partial charge is 0.335 e. The molecule has 114 valence electrons. The topological polar surface area (TPSA) is 104 Å². The molecule has 1 aromatic carbocycles. The van der Waals surface area contributed by atoms with Crippen LogP contribution in [0.4, 0.5) is 11.4 Å². The van der Waals surface area contributed by atoms with Gasteiger partial charge in [-0.15, -0.1) is 0 Å². The van der Waals surface area contributed by atoms with E-state index in [1.54, 1.807) is 0 Å². The highest BCUT2D eigenvalue weighted by atomic mass is 16.6. The minimum Gasteiger partial charge on any atom is -0.478 e. The summed E-state index contributed by atoms with van der Waals surface area (Å²) >= 11 is 0. The lowest BCUT2D eigenvalue weighted by Crippen LogP contribution is -2.30. The van der Waals surface area contributed by atoms with Crippen LogP contribution in [0.15, 0.2) is 18.2 Å². The minimum absolute atomic E-state index is 0.0448. The van der Waals surface area contributed by atoms with Crippen molar-refractivity contribution in [2.75, 3.05) is 18.1 Å². The highest BCUT2D eigenvalue weighted by Crippen LogP contribution is 2.35. The largest absolute Gasteiger partial charge is 0.478 e. The summed E-state index contributed by atoms with van der Waals surface area (Å²) in [6.45, 7) is 0.752. The number of rotatable bonds is 6. The third kappa shape index (κ3) is 3.30. The third-order valence-corrected chi connectivity index (χ3v) is 3.80. The second kappa shape index (κ2) is 6.53. The Hall–Kier alpha value is -2.15. The summed E-state index contributed by atoms with van der Waals surface area (Å²) < 4.78 is 0. The molecule has 7 nitrogen and oxygen atoms in total. The minimum atomic E-state index is -1.10. The standard InChI is InChI=1S/C14H18N2O5/c17-8-2-4-11-3-1-7-15(11)13-9-10(14(18)19)5-6-12(13)16(20)21/h5-6,9,11,17H,1-4,7-8H2,(H,18,19). The molecule has 1 unspecified atom stereocenters. The van der Waals surface area contributed by atoms with Crippen molar-refractivity contribution < 1.29 is 19.9 Å². The van der Waals surface area contributed by atoms with Crippen molar-refractivity contribution >= 4 is 17.3 Å². The van der Waals surface area contributed by atoms with Crippen LogP contribution < -0.4 is 4.90 Å². The summed E-state index contributed by atoms with van der Waals surface area (Å²) in [6.07, 6.45) is 3.18. The van der Waals surface area contributed by atoms with E-state index in [1.807, 2.05) is 4.90 Å². The maximum Gasteiger partial charge on any atom is 0.335 e. The number of carboxylic acids is 1. The Labute approximate surface area is 122 Å². The first-order chi connectivity index (χ1) is 10.0. The summed E-state index contributed by atoms with van der Waals surface area (Å²) in [6, 6.07) is 3.99. The number of anilines is 1. The fourth-order valence-electron chi connectivity index (χ4n) is 2.82. The summed E-state index contributed by atoms with van der Waals surface area (Å²) in [5, 5.41) is 29.2. The Morgan fingerprint density at radius 2 is 2.24 bits per heavy atom. The predicted octanol–water partition coefficient (Wildman–Crippen LogP) is 2.03. The van der Waals surface area contributed by atoms with E-state index in [0.717, 1.165) is 19.3 Å². The molecule has 2 N–H and O–H groups in total. The Morgan fingerprint density at radius 3 is 2.86 bits per heavy atom. The normalized spacial score (nSPS) is 18.0. The van der Waals surface area contributed by atoms with Gasteiger partial charge in [0.05, 0.1) is 10.5 Å². The molecule has 1 aromatic rings. The second-order valence-electron chi connectivity index (χ2n) is 5.12. The molecule has 1 heterocycles. The Morgan fingerprint density at radius 1 is 1.48 bits per heavy atom. The number of nitro groups is 1. The molecule has 0 radical (unpaired) electrons. The highest BCUT2D eigenvalue weighted by molar-refractivity contribution is 5.90. The maximum absolute atomic E-state index is 11.2. The second-order valence-corrected chi connectivity index (χ2v) is 5.12. The van der Waals surface area contributed by atoms with Gasteiger partial charge in [-0.2, -0.15) is 0 Å². The van der Waals surface area contributed by atoms with Crippen LogP contribution >= 0.6 is 0 Å². The van der Waals surface area contributed by atoms with E-state index in [0.29, 0.717) is 18.7 Å². The van der Waals surface area contributed by atoms with E-state index in [1.165, 1.54) is 18.2 Å². The Kier molecular flexibility index (Phi) is 4.74. The molecule has 0 spiro atoms. The number of carbonyl (C=O) groups is 1. The van der Waals surface area contributed by atoms with Crippen LogP contribution in [-0.2, 0) is 0 Å². The third-order valence-electron chi connectivity index (χ3n) is 3.80. The van der Waals surface area contributed by atoms with Crippen molar-refractivity contribution in [2.45, 2.75) is 31.7 Å². The van der Waals surface area contributed by atoms with E-state index >= 15 is 0 Å². The number of carboxylic acid groups (broad SMARTS) is 1. The van der Waals surface area contributed by atoms with E-state index in [9.17, 15) is 14.9 Å². The fourth-order valence-corrected chi connectivity index (χ4v) is 2.82. The average Bonchev–Trinajstić information content (AvgIpc) is 2.92. The number of benzene rings is 1. The van der Waals surface area contributed by atoms with Gasteiger partial charge >= 0.3 is 5.97 Å².